The number of likely N-dealkylation sites (tertiary alicyclic amines) is 2. The van der Waals surface area contributed by atoms with Crippen LogP contribution in [-0.2, 0) is 9.59 Å². The lowest BCUT2D eigenvalue weighted by atomic mass is 10.1. The fraction of sp³-hybridized carbons (Fsp3) is 0.545. The van der Waals surface area contributed by atoms with Gasteiger partial charge in [0, 0.05) is 19.6 Å². The van der Waals surface area contributed by atoms with Crippen molar-refractivity contribution < 1.29 is 14.3 Å². The molecule has 166 valence electrons. The lowest BCUT2D eigenvalue weighted by molar-refractivity contribution is -0.140. The number of benzene rings is 1. The molecule has 1 aromatic carbocycles. The van der Waals surface area contributed by atoms with Crippen molar-refractivity contribution >= 4 is 17.8 Å². The van der Waals surface area contributed by atoms with Crippen LogP contribution in [-0.4, -0.2) is 72.9 Å². The molecule has 1 unspecified atom stereocenters. The van der Waals surface area contributed by atoms with E-state index in [1.807, 2.05) is 41.4 Å². The summed E-state index contributed by atoms with van der Waals surface area (Å²) in [4.78, 5) is 33.4. The van der Waals surface area contributed by atoms with Gasteiger partial charge in [-0.15, -0.1) is 0 Å². The van der Waals surface area contributed by atoms with Crippen molar-refractivity contribution in [1.82, 2.24) is 20.4 Å². The number of nitrogens with one attached hydrogen (secondary N) is 2. The SMILES string of the molecule is N#CNC(=NCCOc1ccccc1)NC1CCCCN(CC(=O)N2CCCC2)C1=O. The number of carbonyl (C=O) groups excluding carboxylic acids is 2. The Morgan fingerprint density at radius 3 is 2.65 bits per heavy atom. The monoisotopic (exact) mass is 426 g/mol. The highest BCUT2D eigenvalue weighted by molar-refractivity contribution is 5.92. The number of guanidine groups is 1. The van der Waals surface area contributed by atoms with E-state index in [1.54, 1.807) is 4.90 Å². The second-order valence-electron chi connectivity index (χ2n) is 7.67. The van der Waals surface area contributed by atoms with Gasteiger partial charge in [-0.05, 0) is 44.2 Å². The van der Waals surface area contributed by atoms with Crippen LogP contribution in [0.5, 0.6) is 5.75 Å². The van der Waals surface area contributed by atoms with Gasteiger partial charge in [0.2, 0.25) is 17.8 Å². The normalized spacial score (nSPS) is 19.5. The molecule has 9 nitrogen and oxygen atoms in total. The van der Waals surface area contributed by atoms with Gasteiger partial charge in [-0.25, -0.2) is 4.99 Å². The quantitative estimate of drug-likeness (QED) is 0.222. The first-order chi connectivity index (χ1) is 15.2. The van der Waals surface area contributed by atoms with E-state index in [0.717, 1.165) is 44.5 Å². The minimum atomic E-state index is -0.525. The summed E-state index contributed by atoms with van der Waals surface area (Å²) >= 11 is 0. The third kappa shape index (κ3) is 6.88. The van der Waals surface area contributed by atoms with Crippen molar-refractivity contribution in [3.63, 3.8) is 0 Å². The molecule has 2 fully saturated rings. The number of hydrogen-bond donors (Lipinski definition) is 2. The van der Waals surface area contributed by atoms with Gasteiger partial charge in [-0.2, -0.15) is 5.26 Å². The molecule has 2 saturated heterocycles. The Bertz CT molecular complexity index is 801. The molecular formula is C22H30N6O3. The number of para-hydroxylation sites is 1. The molecular weight excluding hydrogens is 396 g/mol. The Morgan fingerprint density at radius 1 is 1.16 bits per heavy atom. The molecule has 2 aliphatic rings. The maximum Gasteiger partial charge on any atom is 0.245 e. The van der Waals surface area contributed by atoms with Crippen LogP contribution < -0.4 is 15.4 Å². The van der Waals surface area contributed by atoms with Gasteiger partial charge in [0.05, 0.1) is 13.1 Å². The standard InChI is InChI=1S/C22H30N6O3/c23-17-25-22(24-11-15-31-18-8-2-1-3-9-18)26-19-10-4-5-14-28(21(19)30)16-20(29)27-12-6-7-13-27/h1-3,8-9,19H,4-7,10-16H2,(H2,24,25,26). The maximum absolute atomic E-state index is 13.1. The van der Waals surface area contributed by atoms with E-state index in [1.165, 1.54) is 0 Å². The van der Waals surface area contributed by atoms with Crippen molar-refractivity contribution in [1.29, 1.82) is 5.26 Å². The fourth-order valence-electron chi connectivity index (χ4n) is 3.80. The van der Waals surface area contributed by atoms with Crippen LogP contribution in [0.25, 0.3) is 0 Å². The summed E-state index contributed by atoms with van der Waals surface area (Å²) in [5.74, 6) is 0.870. The number of nitriles is 1. The van der Waals surface area contributed by atoms with E-state index in [4.69, 9.17) is 10.00 Å². The highest BCUT2D eigenvalue weighted by Crippen LogP contribution is 2.14. The van der Waals surface area contributed by atoms with Crippen LogP contribution in [0, 0.1) is 11.5 Å². The van der Waals surface area contributed by atoms with E-state index in [-0.39, 0.29) is 24.3 Å². The molecule has 1 atom stereocenters. The van der Waals surface area contributed by atoms with Gasteiger partial charge in [0.15, 0.2) is 6.19 Å². The summed E-state index contributed by atoms with van der Waals surface area (Å²) < 4.78 is 5.61. The van der Waals surface area contributed by atoms with Crippen LogP contribution in [0.4, 0.5) is 0 Å². The van der Waals surface area contributed by atoms with Gasteiger partial charge in [0.25, 0.3) is 0 Å². The fourth-order valence-corrected chi connectivity index (χ4v) is 3.80. The average Bonchev–Trinajstić information content (AvgIpc) is 3.27. The topological polar surface area (TPSA) is 110 Å². The Balaban J connectivity index is 1.55. The van der Waals surface area contributed by atoms with Crippen molar-refractivity contribution in [2.75, 3.05) is 39.3 Å². The first kappa shape index (κ1) is 22.4. The Labute approximate surface area is 183 Å². The molecule has 2 heterocycles. The molecule has 9 heteroatoms. The third-order valence-corrected chi connectivity index (χ3v) is 5.42. The largest absolute Gasteiger partial charge is 0.492 e. The Kier molecular flexibility index (Phi) is 8.52. The van der Waals surface area contributed by atoms with Crippen LogP contribution in [0.3, 0.4) is 0 Å². The average molecular weight is 427 g/mol. The number of amides is 2. The van der Waals surface area contributed by atoms with E-state index >= 15 is 0 Å². The maximum atomic E-state index is 13.1. The first-order valence-electron chi connectivity index (χ1n) is 10.9. The van der Waals surface area contributed by atoms with Crippen LogP contribution in [0.2, 0.25) is 0 Å². The van der Waals surface area contributed by atoms with Crippen molar-refractivity contribution in [3.05, 3.63) is 30.3 Å². The van der Waals surface area contributed by atoms with Crippen molar-refractivity contribution in [2.24, 2.45) is 4.99 Å². The summed E-state index contributed by atoms with van der Waals surface area (Å²) in [6.45, 7) is 2.90. The van der Waals surface area contributed by atoms with E-state index in [9.17, 15) is 9.59 Å². The predicted molar refractivity (Wildman–Crippen MR) is 116 cm³/mol. The minimum Gasteiger partial charge on any atom is -0.492 e. The van der Waals surface area contributed by atoms with Crippen LogP contribution in [0.1, 0.15) is 32.1 Å². The van der Waals surface area contributed by atoms with Crippen LogP contribution in [0.15, 0.2) is 35.3 Å². The Morgan fingerprint density at radius 2 is 1.90 bits per heavy atom. The van der Waals surface area contributed by atoms with Gasteiger partial charge in [-0.3, -0.25) is 14.9 Å². The zero-order chi connectivity index (χ0) is 21.9. The smallest absolute Gasteiger partial charge is 0.245 e. The lowest BCUT2D eigenvalue weighted by Gasteiger charge is -2.27. The third-order valence-electron chi connectivity index (χ3n) is 5.42. The minimum absolute atomic E-state index is 0.00796. The second-order valence-corrected chi connectivity index (χ2v) is 7.67. The lowest BCUT2D eigenvalue weighted by Crippen LogP contribution is -2.52. The van der Waals surface area contributed by atoms with Crippen molar-refractivity contribution in [3.8, 4) is 11.9 Å². The number of ether oxygens (including phenoxy) is 1. The highest BCUT2D eigenvalue weighted by atomic mass is 16.5. The van der Waals surface area contributed by atoms with Crippen LogP contribution >= 0.6 is 0 Å². The first-order valence-corrected chi connectivity index (χ1v) is 10.9. The molecule has 2 N–H and O–H groups in total. The summed E-state index contributed by atoms with van der Waals surface area (Å²) in [7, 11) is 0. The molecule has 0 saturated carbocycles. The van der Waals surface area contributed by atoms with Crippen molar-refractivity contribution in [2.45, 2.75) is 38.1 Å². The van der Waals surface area contributed by atoms with E-state index in [0.29, 0.717) is 26.1 Å². The summed E-state index contributed by atoms with van der Waals surface area (Å²) in [5, 5.41) is 14.6. The zero-order valence-corrected chi connectivity index (χ0v) is 17.8. The molecule has 3 rings (SSSR count). The number of aliphatic imine (C=N–C) groups is 1. The van der Waals surface area contributed by atoms with Gasteiger partial charge in [0.1, 0.15) is 18.4 Å². The molecule has 1 aromatic rings. The number of nitrogens with zero attached hydrogens (tertiary/aromatic N) is 4. The molecule has 2 aliphatic heterocycles. The summed E-state index contributed by atoms with van der Waals surface area (Å²) in [6, 6.07) is 8.89. The van der Waals surface area contributed by atoms with Gasteiger partial charge < -0.3 is 19.9 Å². The second kappa shape index (κ2) is 11.8. The number of carbonyl (C=O) groups is 2. The predicted octanol–water partition coefficient (Wildman–Crippen LogP) is 1.09. The van der Waals surface area contributed by atoms with E-state index < -0.39 is 6.04 Å². The molecule has 0 bridgehead atoms. The summed E-state index contributed by atoms with van der Waals surface area (Å²) in [5.41, 5.74) is 0. The Hall–Kier alpha value is -3.28. The molecule has 2 amide bonds. The number of rotatable bonds is 7. The summed E-state index contributed by atoms with van der Waals surface area (Å²) in [6.07, 6.45) is 6.24. The molecule has 0 aromatic heterocycles. The molecule has 0 radical (unpaired) electrons. The van der Waals surface area contributed by atoms with Gasteiger partial charge >= 0.3 is 0 Å². The highest BCUT2D eigenvalue weighted by Gasteiger charge is 2.30. The molecule has 0 aliphatic carbocycles. The molecule has 31 heavy (non-hydrogen) atoms. The molecule has 0 spiro atoms. The van der Waals surface area contributed by atoms with Gasteiger partial charge in [-0.1, -0.05) is 18.2 Å². The van der Waals surface area contributed by atoms with E-state index in [2.05, 4.69) is 15.6 Å². The zero-order valence-electron chi connectivity index (χ0n) is 17.8. The number of hydrogen-bond acceptors (Lipinski definition) is 5.